The fourth-order valence-electron chi connectivity index (χ4n) is 4.07. The van der Waals surface area contributed by atoms with Crippen molar-refractivity contribution in [3.05, 3.63) is 58.6 Å². The molecule has 2 aliphatic rings. The Kier molecular flexibility index (Phi) is 4.74. The highest BCUT2D eigenvalue weighted by atomic mass is 35.5. The topological polar surface area (TPSA) is 75.3 Å². The molecule has 7 heteroatoms. The van der Waals surface area contributed by atoms with Crippen molar-refractivity contribution in [3.63, 3.8) is 0 Å². The summed E-state index contributed by atoms with van der Waals surface area (Å²) in [5.41, 5.74) is 1.52. The first-order valence-electron chi connectivity index (χ1n) is 9.11. The van der Waals surface area contributed by atoms with Gasteiger partial charge < -0.3 is 5.32 Å². The number of carbonyl (C=O) groups excluding carboxylic acids is 1. The van der Waals surface area contributed by atoms with E-state index >= 15 is 0 Å². The monoisotopic (exact) mass is 404 g/mol. The van der Waals surface area contributed by atoms with Crippen LogP contribution in [-0.2, 0) is 26.8 Å². The van der Waals surface area contributed by atoms with E-state index in [1.165, 1.54) is 24.3 Å². The van der Waals surface area contributed by atoms with Crippen LogP contribution in [0.15, 0.2) is 47.4 Å². The van der Waals surface area contributed by atoms with E-state index < -0.39 is 15.6 Å². The predicted molar refractivity (Wildman–Crippen MR) is 106 cm³/mol. The molecule has 0 radical (unpaired) electrons. The van der Waals surface area contributed by atoms with Crippen molar-refractivity contribution in [2.75, 3.05) is 11.9 Å². The highest BCUT2D eigenvalue weighted by molar-refractivity contribution is 7.89. The number of nitrogens with one attached hydrogen (secondary N) is 2. The Hall–Kier alpha value is -1.89. The van der Waals surface area contributed by atoms with Gasteiger partial charge in [0.1, 0.15) is 5.54 Å². The number of hydrogen-bond donors (Lipinski definition) is 2. The molecule has 2 N–H and O–H groups in total. The van der Waals surface area contributed by atoms with Crippen molar-refractivity contribution in [2.45, 2.75) is 42.5 Å². The summed E-state index contributed by atoms with van der Waals surface area (Å²) in [6.45, 7) is 0.792. The number of anilines is 1. The molecular weight excluding hydrogens is 384 g/mol. The molecule has 5 nitrogen and oxygen atoms in total. The summed E-state index contributed by atoms with van der Waals surface area (Å²) in [6.07, 6.45) is 3.27. The highest BCUT2D eigenvalue weighted by Crippen LogP contribution is 2.42. The van der Waals surface area contributed by atoms with Crippen LogP contribution in [0.4, 0.5) is 5.69 Å². The van der Waals surface area contributed by atoms with Crippen LogP contribution in [-0.4, -0.2) is 20.7 Å². The van der Waals surface area contributed by atoms with Crippen molar-refractivity contribution < 1.29 is 13.2 Å². The maximum atomic E-state index is 13.1. The molecule has 2 aromatic rings. The van der Waals surface area contributed by atoms with Crippen molar-refractivity contribution in [3.8, 4) is 0 Å². The number of para-hydroxylation sites is 1. The van der Waals surface area contributed by atoms with Crippen LogP contribution in [0.1, 0.15) is 36.8 Å². The normalized spacial score (nSPS) is 22.3. The van der Waals surface area contributed by atoms with E-state index in [0.717, 1.165) is 42.6 Å². The first-order chi connectivity index (χ1) is 12.9. The van der Waals surface area contributed by atoms with Crippen LogP contribution in [0.3, 0.4) is 0 Å². The van der Waals surface area contributed by atoms with Crippen LogP contribution in [0, 0.1) is 0 Å². The molecule has 27 heavy (non-hydrogen) atoms. The molecule has 0 bridgehead atoms. The Morgan fingerprint density at radius 3 is 2.56 bits per heavy atom. The maximum Gasteiger partial charge on any atom is 0.241 e. The number of fused-ring (bicyclic) bond motifs is 1. The van der Waals surface area contributed by atoms with Crippen LogP contribution in [0.2, 0.25) is 5.02 Å². The minimum absolute atomic E-state index is 0.0756. The lowest BCUT2D eigenvalue weighted by molar-refractivity contribution is -0.127. The van der Waals surface area contributed by atoms with Gasteiger partial charge in [0, 0.05) is 29.2 Å². The third-order valence-corrected chi connectivity index (χ3v) is 7.18. The summed E-state index contributed by atoms with van der Waals surface area (Å²) >= 11 is 5.89. The van der Waals surface area contributed by atoms with Crippen molar-refractivity contribution >= 4 is 33.1 Å². The van der Waals surface area contributed by atoms with Gasteiger partial charge in [-0.15, -0.1) is 0 Å². The van der Waals surface area contributed by atoms with Gasteiger partial charge in [-0.2, -0.15) is 4.72 Å². The molecule has 0 unspecified atom stereocenters. The molecule has 2 aromatic carbocycles. The van der Waals surface area contributed by atoms with Gasteiger partial charge in [-0.05, 0) is 49.1 Å². The number of carbonyl (C=O) groups is 1. The summed E-state index contributed by atoms with van der Waals surface area (Å²) < 4.78 is 29.0. The second kappa shape index (κ2) is 6.93. The number of ketones is 1. The molecule has 1 aliphatic heterocycles. The maximum absolute atomic E-state index is 13.1. The average molecular weight is 405 g/mol. The number of rotatable bonds is 4. The largest absolute Gasteiger partial charge is 0.384 e. The van der Waals surface area contributed by atoms with Gasteiger partial charge in [-0.25, -0.2) is 8.42 Å². The Bertz CT molecular complexity index is 989. The summed E-state index contributed by atoms with van der Waals surface area (Å²) in [4.78, 5) is 13.2. The lowest BCUT2D eigenvalue weighted by Crippen LogP contribution is -2.53. The van der Waals surface area contributed by atoms with Gasteiger partial charge in [-0.3, -0.25) is 4.79 Å². The average Bonchev–Trinajstić information content (AvgIpc) is 3.12. The Labute approximate surface area is 164 Å². The number of hydrogen-bond acceptors (Lipinski definition) is 4. The summed E-state index contributed by atoms with van der Waals surface area (Å²) in [6, 6.07) is 11.8. The number of Topliss-reactive ketones (excluding diaryl/α,β-unsaturated/α-hetero) is 1. The molecule has 0 amide bonds. The lowest BCUT2D eigenvalue weighted by Gasteiger charge is -2.37. The van der Waals surface area contributed by atoms with Gasteiger partial charge in [-0.1, -0.05) is 36.2 Å². The molecule has 1 aliphatic carbocycles. The molecule has 0 saturated heterocycles. The minimum Gasteiger partial charge on any atom is -0.384 e. The smallest absolute Gasteiger partial charge is 0.241 e. The molecule has 4 rings (SSSR count). The molecule has 1 fully saturated rings. The summed E-state index contributed by atoms with van der Waals surface area (Å²) in [5, 5.41) is 3.80. The molecule has 0 aromatic heterocycles. The second-order valence-corrected chi connectivity index (χ2v) is 9.23. The summed E-state index contributed by atoms with van der Waals surface area (Å²) in [5.74, 6) is -0.0756. The van der Waals surface area contributed by atoms with Crippen LogP contribution >= 0.6 is 11.6 Å². The van der Waals surface area contributed by atoms with Gasteiger partial charge in [0.2, 0.25) is 10.0 Å². The van der Waals surface area contributed by atoms with Crippen LogP contribution in [0.5, 0.6) is 0 Å². The van der Waals surface area contributed by atoms with E-state index in [2.05, 4.69) is 10.0 Å². The van der Waals surface area contributed by atoms with Crippen molar-refractivity contribution in [1.29, 1.82) is 0 Å². The molecule has 142 valence electrons. The lowest BCUT2D eigenvalue weighted by atomic mass is 9.75. The van der Waals surface area contributed by atoms with E-state index in [-0.39, 0.29) is 10.7 Å². The fraction of sp³-hybridized carbons (Fsp3) is 0.350. The predicted octanol–water partition coefficient (Wildman–Crippen LogP) is 3.62. The van der Waals surface area contributed by atoms with Gasteiger partial charge in [0.05, 0.1) is 4.90 Å². The number of benzene rings is 2. The first kappa shape index (κ1) is 18.5. The van der Waals surface area contributed by atoms with E-state index in [9.17, 15) is 13.2 Å². The zero-order valence-electron chi connectivity index (χ0n) is 14.8. The minimum atomic E-state index is -3.89. The Morgan fingerprint density at radius 1 is 1.04 bits per heavy atom. The number of sulfonamides is 1. The quantitative estimate of drug-likeness (QED) is 0.816. The standard InChI is InChI=1S/C20H21ClN2O3S/c21-15-7-9-16(10-8-15)27(25,26)23-20(12-2-1-6-18(20)24)17-5-3-4-14-11-13-22-19(14)17/h3-5,7-10,22-23H,1-2,6,11-13H2/t20-/m0/s1. The molecular formula is C20H21ClN2O3S. The summed E-state index contributed by atoms with van der Waals surface area (Å²) in [7, 11) is -3.89. The molecule has 1 atom stereocenters. The van der Waals surface area contributed by atoms with Gasteiger partial charge in [0.25, 0.3) is 0 Å². The van der Waals surface area contributed by atoms with Crippen molar-refractivity contribution in [1.82, 2.24) is 4.72 Å². The zero-order chi connectivity index (χ0) is 19.1. The molecule has 1 saturated carbocycles. The second-order valence-electron chi connectivity index (χ2n) is 7.11. The number of halogens is 1. The SMILES string of the molecule is O=C1CCCC[C@]1(NS(=O)(=O)c1ccc(Cl)cc1)c1cccc2c1NCC2. The Balaban J connectivity index is 1.82. The van der Waals surface area contributed by atoms with Gasteiger partial charge in [0.15, 0.2) is 5.78 Å². The van der Waals surface area contributed by atoms with E-state index in [1.807, 2.05) is 18.2 Å². The van der Waals surface area contributed by atoms with Crippen LogP contribution in [0.25, 0.3) is 0 Å². The third kappa shape index (κ3) is 3.26. The first-order valence-corrected chi connectivity index (χ1v) is 11.0. The van der Waals surface area contributed by atoms with Gasteiger partial charge >= 0.3 is 0 Å². The van der Waals surface area contributed by atoms with Crippen molar-refractivity contribution in [2.24, 2.45) is 0 Å². The zero-order valence-corrected chi connectivity index (χ0v) is 16.4. The van der Waals surface area contributed by atoms with E-state index in [4.69, 9.17) is 11.6 Å². The Morgan fingerprint density at radius 2 is 1.81 bits per heavy atom. The third-order valence-electron chi connectivity index (χ3n) is 5.42. The highest BCUT2D eigenvalue weighted by Gasteiger charge is 2.46. The fourth-order valence-corrected chi connectivity index (χ4v) is 5.60. The molecule has 1 heterocycles. The van der Waals surface area contributed by atoms with E-state index in [0.29, 0.717) is 17.9 Å². The molecule has 0 spiro atoms. The van der Waals surface area contributed by atoms with Crippen LogP contribution < -0.4 is 10.0 Å². The van der Waals surface area contributed by atoms with E-state index in [1.54, 1.807) is 0 Å².